The van der Waals surface area contributed by atoms with E-state index in [4.69, 9.17) is 4.74 Å². The highest BCUT2D eigenvalue weighted by Gasteiger charge is 2.34. The van der Waals surface area contributed by atoms with E-state index < -0.39 is 0 Å². The van der Waals surface area contributed by atoms with Crippen molar-refractivity contribution < 1.29 is 19.1 Å². The van der Waals surface area contributed by atoms with Crippen LogP contribution < -0.4 is 4.74 Å². The van der Waals surface area contributed by atoms with E-state index in [1.54, 1.807) is 12.0 Å². The fourth-order valence-corrected chi connectivity index (χ4v) is 2.24. The van der Waals surface area contributed by atoms with Gasteiger partial charge >= 0.3 is 5.97 Å². The van der Waals surface area contributed by atoms with Gasteiger partial charge in [-0.15, -0.1) is 0 Å². The quantitative estimate of drug-likeness (QED) is 0.766. The molecule has 2 rings (SSSR count). The lowest BCUT2D eigenvalue weighted by Crippen LogP contribution is -2.26. The Morgan fingerprint density at radius 1 is 1.42 bits per heavy atom. The minimum absolute atomic E-state index is 0.0155. The van der Waals surface area contributed by atoms with E-state index in [1.165, 1.54) is 7.11 Å². The largest absolute Gasteiger partial charge is 0.497 e. The summed E-state index contributed by atoms with van der Waals surface area (Å²) in [6.07, 6.45) is 0.233. The molecule has 0 radical (unpaired) electrons. The molecule has 1 heterocycles. The van der Waals surface area contributed by atoms with E-state index in [-0.39, 0.29) is 24.2 Å². The number of carbonyl (C=O) groups is 2. The van der Waals surface area contributed by atoms with Crippen LogP contribution in [0.2, 0.25) is 0 Å². The number of rotatable bonds is 4. The molecule has 0 aromatic heterocycles. The zero-order valence-electron chi connectivity index (χ0n) is 11.1. The van der Waals surface area contributed by atoms with Gasteiger partial charge < -0.3 is 14.4 Å². The molecular formula is C14H17NO4. The molecule has 1 atom stereocenters. The number of nitrogens with zero attached hydrogens (tertiary/aromatic N) is 1. The van der Waals surface area contributed by atoms with Crippen molar-refractivity contribution in [2.75, 3.05) is 20.8 Å². The van der Waals surface area contributed by atoms with Crippen LogP contribution >= 0.6 is 0 Å². The molecule has 19 heavy (non-hydrogen) atoms. The van der Waals surface area contributed by atoms with Crippen LogP contribution in [0.25, 0.3) is 0 Å². The highest BCUT2D eigenvalue weighted by atomic mass is 16.5. The molecule has 0 aliphatic carbocycles. The lowest BCUT2D eigenvalue weighted by Gasteiger charge is -2.16. The normalized spacial score (nSPS) is 18.5. The van der Waals surface area contributed by atoms with E-state index in [1.807, 2.05) is 24.3 Å². The molecule has 5 nitrogen and oxygen atoms in total. The summed E-state index contributed by atoms with van der Waals surface area (Å²) in [6.45, 7) is 0.909. The second-order valence-corrected chi connectivity index (χ2v) is 4.55. The van der Waals surface area contributed by atoms with Crippen LogP contribution in [0.4, 0.5) is 0 Å². The van der Waals surface area contributed by atoms with Crippen molar-refractivity contribution in [3.63, 3.8) is 0 Å². The fraction of sp³-hybridized carbons (Fsp3) is 0.429. The maximum atomic E-state index is 11.9. The van der Waals surface area contributed by atoms with Crippen LogP contribution in [0.3, 0.4) is 0 Å². The first-order valence-electron chi connectivity index (χ1n) is 6.12. The summed E-state index contributed by atoms with van der Waals surface area (Å²) >= 11 is 0. The molecule has 1 fully saturated rings. The van der Waals surface area contributed by atoms with Crippen molar-refractivity contribution >= 4 is 11.9 Å². The van der Waals surface area contributed by atoms with Gasteiger partial charge in [-0.05, 0) is 17.7 Å². The van der Waals surface area contributed by atoms with E-state index >= 15 is 0 Å². The number of hydrogen-bond donors (Lipinski definition) is 0. The first-order valence-corrected chi connectivity index (χ1v) is 6.12. The van der Waals surface area contributed by atoms with Crippen LogP contribution in [0.5, 0.6) is 5.75 Å². The summed E-state index contributed by atoms with van der Waals surface area (Å²) < 4.78 is 9.83. The Bertz CT molecular complexity index is 486. The summed E-state index contributed by atoms with van der Waals surface area (Å²) in [4.78, 5) is 25.0. The van der Waals surface area contributed by atoms with Crippen LogP contribution in [0.1, 0.15) is 12.0 Å². The summed E-state index contributed by atoms with van der Waals surface area (Å²) in [7, 11) is 2.95. The number of ether oxygens (including phenoxy) is 2. The summed E-state index contributed by atoms with van der Waals surface area (Å²) in [5.74, 6) is 0.0801. The average Bonchev–Trinajstić information content (AvgIpc) is 2.79. The van der Waals surface area contributed by atoms with Crippen molar-refractivity contribution in [1.29, 1.82) is 0 Å². The summed E-state index contributed by atoms with van der Waals surface area (Å²) in [6, 6.07) is 7.55. The topological polar surface area (TPSA) is 55.8 Å². The van der Waals surface area contributed by atoms with E-state index in [0.29, 0.717) is 13.1 Å². The van der Waals surface area contributed by atoms with Crippen molar-refractivity contribution in [3.05, 3.63) is 29.8 Å². The highest BCUT2D eigenvalue weighted by molar-refractivity contribution is 5.86. The molecule has 1 aromatic carbocycles. The molecule has 1 aliphatic heterocycles. The minimum atomic E-state index is -0.344. The first kappa shape index (κ1) is 13.4. The van der Waals surface area contributed by atoms with Gasteiger partial charge in [-0.1, -0.05) is 12.1 Å². The van der Waals surface area contributed by atoms with Gasteiger partial charge in [-0.3, -0.25) is 9.59 Å². The Kier molecular flexibility index (Phi) is 4.04. The zero-order valence-corrected chi connectivity index (χ0v) is 11.1. The second kappa shape index (κ2) is 5.73. The number of benzene rings is 1. The van der Waals surface area contributed by atoms with Crippen LogP contribution in [-0.2, 0) is 20.9 Å². The Labute approximate surface area is 112 Å². The predicted molar refractivity (Wildman–Crippen MR) is 68.5 cm³/mol. The molecule has 0 saturated carbocycles. The fourth-order valence-electron chi connectivity index (χ4n) is 2.24. The number of esters is 1. The maximum absolute atomic E-state index is 11.9. The molecule has 1 saturated heterocycles. The molecule has 102 valence electrons. The monoisotopic (exact) mass is 263 g/mol. The van der Waals surface area contributed by atoms with Crippen molar-refractivity contribution in [2.24, 2.45) is 5.92 Å². The van der Waals surface area contributed by atoms with Gasteiger partial charge in [0.25, 0.3) is 0 Å². The van der Waals surface area contributed by atoms with Crippen LogP contribution in [0, 0.1) is 5.92 Å². The minimum Gasteiger partial charge on any atom is -0.497 e. The Balaban J connectivity index is 2.03. The molecule has 1 unspecified atom stereocenters. The van der Waals surface area contributed by atoms with Crippen molar-refractivity contribution in [2.45, 2.75) is 13.0 Å². The molecule has 5 heteroatoms. The third-order valence-electron chi connectivity index (χ3n) is 3.26. The maximum Gasteiger partial charge on any atom is 0.310 e. The SMILES string of the molecule is COC(=O)C1CC(=O)N(Cc2cccc(OC)c2)C1. The molecule has 1 aliphatic rings. The van der Waals surface area contributed by atoms with Gasteiger partial charge in [0.05, 0.1) is 20.1 Å². The molecule has 1 amide bonds. The average molecular weight is 263 g/mol. The van der Waals surface area contributed by atoms with Gasteiger partial charge in [-0.25, -0.2) is 0 Å². The van der Waals surface area contributed by atoms with E-state index in [9.17, 15) is 9.59 Å². The van der Waals surface area contributed by atoms with Crippen molar-refractivity contribution in [3.8, 4) is 5.75 Å². The molecule has 0 spiro atoms. The Hall–Kier alpha value is -2.04. The summed E-state index contributed by atoms with van der Waals surface area (Å²) in [5, 5.41) is 0. The van der Waals surface area contributed by atoms with Gasteiger partial charge in [0.1, 0.15) is 5.75 Å². The van der Waals surface area contributed by atoms with E-state index in [2.05, 4.69) is 4.74 Å². The van der Waals surface area contributed by atoms with Crippen LogP contribution in [-0.4, -0.2) is 37.5 Å². The Morgan fingerprint density at radius 2 is 2.21 bits per heavy atom. The first-order chi connectivity index (χ1) is 9.13. The molecule has 0 bridgehead atoms. The lowest BCUT2D eigenvalue weighted by atomic mass is 10.1. The van der Waals surface area contributed by atoms with E-state index in [0.717, 1.165) is 11.3 Å². The number of methoxy groups -OCH3 is 2. The van der Waals surface area contributed by atoms with Crippen LogP contribution in [0.15, 0.2) is 24.3 Å². The number of likely N-dealkylation sites (tertiary alicyclic amines) is 1. The number of carbonyl (C=O) groups excluding carboxylic acids is 2. The predicted octanol–water partition coefficient (Wildman–Crippen LogP) is 1.22. The standard InChI is InChI=1S/C14H17NO4/c1-18-12-5-3-4-10(6-12)8-15-9-11(7-13(15)16)14(17)19-2/h3-6,11H,7-9H2,1-2H3. The van der Waals surface area contributed by atoms with Gasteiger partial charge in [0.2, 0.25) is 5.91 Å². The number of hydrogen-bond acceptors (Lipinski definition) is 4. The van der Waals surface area contributed by atoms with Crippen molar-refractivity contribution in [1.82, 2.24) is 4.90 Å². The smallest absolute Gasteiger partial charge is 0.310 e. The Morgan fingerprint density at radius 3 is 2.89 bits per heavy atom. The van der Waals surface area contributed by atoms with Gasteiger partial charge in [-0.2, -0.15) is 0 Å². The zero-order chi connectivity index (χ0) is 13.8. The van der Waals surface area contributed by atoms with Gasteiger partial charge in [0, 0.05) is 19.5 Å². The third-order valence-corrected chi connectivity index (χ3v) is 3.26. The second-order valence-electron chi connectivity index (χ2n) is 4.55. The molecular weight excluding hydrogens is 246 g/mol. The van der Waals surface area contributed by atoms with Gasteiger partial charge in [0.15, 0.2) is 0 Å². The third kappa shape index (κ3) is 3.05. The number of amides is 1. The molecule has 0 N–H and O–H groups in total. The highest BCUT2D eigenvalue weighted by Crippen LogP contribution is 2.22. The molecule has 1 aromatic rings. The lowest BCUT2D eigenvalue weighted by molar-refractivity contribution is -0.145. The summed E-state index contributed by atoms with van der Waals surface area (Å²) in [5.41, 5.74) is 0.984.